The van der Waals surface area contributed by atoms with E-state index in [-0.39, 0.29) is 22.8 Å². The summed E-state index contributed by atoms with van der Waals surface area (Å²) in [5, 5.41) is 0. The molecule has 0 bridgehead atoms. The average Bonchev–Trinajstić information content (AvgIpc) is 2.37. The molecule has 0 aromatic heterocycles. The maximum Gasteiger partial charge on any atom is 0.252 e. The Kier molecular flexibility index (Phi) is 4.87. The van der Waals surface area contributed by atoms with E-state index in [1.807, 2.05) is 0 Å². The molecule has 0 aliphatic rings. The van der Waals surface area contributed by atoms with Crippen molar-refractivity contribution in [1.29, 1.82) is 0 Å². The average molecular weight is 287 g/mol. The molecule has 1 amide bonds. The van der Waals surface area contributed by atoms with Gasteiger partial charge in [-0.2, -0.15) is 0 Å². The molecule has 1 atom stereocenters. The number of primary amides is 1. The number of nitrogens with one attached hydrogen (secondary N) is 1. The van der Waals surface area contributed by atoms with Gasteiger partial charge in [-0.05, 0) is 25.1 Å². The van der Waals surface area contributed by atoms with Gasteiger partial charge in [0.2, 0.25) is 10.0 Å². The topological polar surface area (TPSA) is 125 Å². The van der Waals surface area contributed by atoms with E-state index in [0.29, 0.717) is 0 Å². The second-order valence-electron chi connectivity index (χ2n) is 3.98. The first kappa shape index (κ1) is 15.4. The van der Waals surface area contributed by atoms with Gasteiger partial charge in [0, 0.05) is 12.6 Å². The molecule has 0 radical (unpaired) electrons. The molecule has 0 heterocycles. The number of rotatable bonds is 6. The van der Waals surface area contributed by atoms with Crippen molar-refractivity contribution in [3.8, 4) is 5.75 Å². The molecule has 0 saturated heterocycles. The van der Waals surface area contributed by atoms with E-state index in [4.69, 9.17) is 16.2 Å². The van der Waals surface area contributed by atoms with Gasteiger partial charge in [-0.25, -0.2) is 13.1 Å². The Morgan fingerprint density at radius 3 is 2.58 bits per heavy atom. The zero-order valence-electron chi connectivity index (χ0n) is 10.7. The second kappa shape index (κ2) is 6.00. The minimum atomic E-state index is -3.75. The fourth-order valence-electron chi connectivity index (χ4n) is 1.43. The second-order valence-corrected chi connectivity index (χ2v) is 5.70. The smallest absolute Gasteiger partial charge is 0.252 e. The third-order valence-electron chi connectivity index (χ3n) is 2.46. The van der Waals surface area contributed by atoms with Crippen molar-refractivity contribution < 1.29 is 17.9 Å². The Balaban J connectivity index is 3.22. The lowest BCUT2D eigenvalue weighted by molar-refractivity contribution is 0.0997. The van der Waals surface area contributed by atoms with E-state index >= 15 is 0 Å². The Labute approximate surface area is 112 Å². The van der Waals surface area contributed by atoms with Crippen molar-refractivity contribution in [3.05, 3.63) is 23.8 Å². The summed E-state index contributed by atoms with van der Waals surface area (Å²) in [5.41, 5.74) is 10.5. The quantitative estimate of drug-likeness (QED) is 0.645. The molecule has 0 fully saturated rings. The zero-order chi connectivity index (χ0) is 14.6. The lowest BCUT2D eigenvalue weighted by atomic mass is 10.2. The molecule has 0 aliphatic carbocycles. The minimum Gasteiger partial charge on any atom is -0.496 e. The van der Waals surface area contributed by atoms with Gasteiger partial charge in [0.1, 0.15) is 5.75 Å². The summed E-state index contributed by atoms with van der Waals surface area (Å²) in [4.78, 5) is 11.2. The van der Waals surface area contributed by atoms with Crippen LogP contribution in [0.25, 0.3) is 0 Å². The molecular formula is C11H17N3O4S. The van der Waals surface area contributed by atoms with Gasteiger partial charge in [0.25, 0.3) is 5.91 Å². The fourth-order valence-corrected chi connectivity index (χ4v) is 2.71. The van der Waals surface area contributed by atoms with Crippen molar-refractivity contribution in [2.75, 3.05) is 13.7 Å². The molecule has 0 spiro atoms. The summed E-state index contributed by atoms with van der Waals surface area (Å²) in [6, 6.07) is 3.47. The summed E-state index contributed by atoms with van der Waals surface area (Å²) in [5.74, 6) is -0.543. The zero-order valence-corrected chi connectivity index (χ0v) is 11.5. The molecule has 1 aromatic carbocycles. The van der Waals surface area contributed by atoms with Gasteiger partial charge < -0.3 is 16.2 Å². The van der Waals surface area contributed by atoms with Crippen LogP contribution < -0.4 is 20.9 Å². The van der Waals surface area contributed by atoms with Crippen LogP contribution >= 0.6 is 0 Å². The van der Waals surface area contributed by atoms with Gasteiger partial charge >= 0.3 is 0 Å². The summed E-state index contributed by atoms with van der Waals surface area (Å²) >= 11 is 0. The van der Waals surface area contributed by atoms with E-state index in [2.05, 4.69) is 4.72 Å². The van der Waals surface area contributed by atoms with Crippen LogP contribution in [0.3, 0.4) is 0 Å². The predicted octanol–water partition coefficient (Wildman–Crippen LogP) is -0.580. The third-order valence-corrected chi connectivity index (χ3v) is 4.04. The van der Waals surface area contributed by atoms with Crippen molar-refractivity contribution in [2.24, 2.45) is 11.5 Å². The number of hydrogen-bond donors (Lipinski definition) is 3. The molecule has 0 aliphatic heterocycles. The molecule has 1 unspecified atom stereocenters. The Morgan fingerprint density at radius 2 is 2.11 bits per heavy atom. The number of ether oxygens (including phenoxy) is 1. The lowest BCUT2D eigenvalue weighted by Gasteiger charge is -2.13. The first-order chi connectivity index (χ1) is 8.81. The highest BCUT2D eigenvalue weighted by Gasteiger charge is 2.20. The highest BCUT2D eigenvalue weighted by atomic mass is 32.2. The summed E-state index contributed by atoms with van der Waals surface area (Å²) in [6.45, 7) is 1.80. The molecule has 0 saturated carbocycles. The van der Waals surface area contributed by atoms with Crippen LogP contribution in [0, 0.1) is 0 Å². The van der Waals surface area contributed by atoms with Crippen molar-refractivity contribution in [3.63, 3.8) is 0 Å². The standard InChI is InChI=1S/C11H17N3O4S/c1-7(6-12)14-19(16,17)8-3-4-10(18-2)9(5-8)11(13)15/h3-5,7,14H,6,12H2,1-2H3,(H2,13,15). The molecule has 7 nitrogen and oxygen atoms in total. The lowest BCUT2D eigenvalue weighted by Crippen LogP contribution is -2.37. The van der Waals surface area contributed by atoms with Gasteiger partial charge in [-0.1, -0.05) is 0 Å². The Morgan fingerprint density at radius 1 is 1.47 bits per heavy atom. The number of methoxy groups -OCH3 is 1. The van der Waals surface area contributed by atoms with Crippen LogP contribution in [0.2, 0.25) is 0 Å². The van der Waals surface area contributed by atoms with E-state index < -0.39 is 22.0 Å². The third kappa shape index (κ3) is 3.66. The summed E-state index contributed by atoms with van der Waals surface area (Å²) < 4.78 is 31.4. The van der Waals surface area contributed by atoms with Gasteiger partial charge in [0.15, 0.2) is 0 Å². The van der Waals surface area contributed by atoms with E-state index in [9.17, 15) is 13.2 Å². The molecule has 106 valence electrons. The molecular weight excluding hydrogens is 270 g/mol. The minimum absolute atomic E-state index is 0.00535. The van der Waals surface area contributed by atoms with Crippen LogP contribution in [0.1, 0.15) is 17.3 Å². The maximum atomic E-state index is 12.0. The summed E-state index contributed by atoms with van der Waals surface area (Å²) in [6.07, 6.45) is 0. The first-order valence-electron chi connectivity index (χ1n) is 5.52. The van der Waals surface area contributed by atoms with Crippen LogP contribution in [0.5, 0.6) is 5.75 Å². The van der Waals surface area contributed by atoms with Crippen LogP contribution in [0.4, 0.5) is 0 Å². The van der Waals surface area contributed by atoms with Crippen molar-refractivity contribution in [1.82, 2.24) is 4.72 Å². The molecule has 1 aromatic rings. The Bertz CT molecular complexity index is 571. The van der Waals surface area contributed by atoms with Crippen LogP contribution in [-0.4, -0.2) is 34.0 Å². The highest BCUT2D eigenvalue weighted by Crippen LogP contribution is 2.22. The molecule has 1 rings (SSSR count). The number of carbonyl (C=O) groups is 1. The Hall–Kier alpha value is -1.64. The molecule has 8 heteroatoms. The van der Waals surface area contributed by atoms with E-state index in [1.165, 1.54) is 25.3 Å². The molecule has 19 heavy (non-hydrogen) atoms. The first-order valence-corrected chi connectivity index (χ1v) is 7.00. The van der Waals surface area contributed by atoms with E-state index in [0.717, 1.165) is 0 Å². The fraction of sp³-hybridized carbons (Fsp3) is 0.364. The van der Waals surface area contributed by atoms with Crippen molar-refractivity contribution in [2.45, 2.75) is 17.9 Å². The number of hydrogen-bond acceptors (Lipinski definition) is 5. The normalized spacial score (nSPS) is 13.0. The molecule has 5 N–H and O–H groups in total. The largest absolute Gasteiger partial charge is 0.496 e. The van der Waals surface area contributed by atoms with Gasteiger partial charge in [-0.3, -0.25) is 4.79 Å². The number of nitrogens with two attached hydrogens (primary N) is 2. The number of carbonyl (C=O) groups excluding carboxylic acids is 1. The van der Waals surface area contributed by atoms with Crippen molar-refractivity contribution >= 4 is 15.9 Å². The highest BCUT2D eigenvalue weighted by molar-refractivity contribution is 7.89. The van der Waals surface area contributed by atoms with Gasteiger partial charge in [0.05, 0.1) is 17.6 Å². The number of sulfonamides is 1. The van der Waals surface area contributed by atoms with Gasteiger partial charge in [-0.15, -0.1) is 0 Å². The van der Waals surface area contributed by atoms with Crippen LogP contribution in [-0.2, 0) is 10.0 Å². The monoisotopic (exact) mass is 287 g/mol. The predicted molar refractivity (Wildman–Crippen MR) is 70.3 cm³/mol. The maximum absolute atomic E-state index is 12.0. The SMILES string of the molecule is COc1ccc(S(=O)(=O)NC(C)CN)cc1C(N)=O. The van der Waals surface area contributed by atoms with Crippen LogP contribution in [0.15, 0.2) is 23.1 Å². The van der Waals surface area contributed by atoms with E-state index in [1.54, 1.807) is 6.92 Å². The number of amides is 1. The summed E-state index contributed by atoms with van der Waals surface area (Å²) in [7, 11) is -2.38. The number of benzene rings is 1.